The Morgan fingerprint density at radius 3 is 2.39 bits per heavy atom. The summed E-state index contributed by atoms with van der Waals surface area (Å²) in [4.78, 5) is 20.1. The molecule has 4 aromatic rings. The fourth-order valence-corrected chi connectivity index (χ4v) is 3.28. The molecule has 0 bridgehead atoms. The number of primary amides is 1. The minimum atomic E-state index is -4.21. The summed E-state index contributed by atoms with van der Waals surface area (Å²) in [5.74, 6) is 6.45. The van der Waals surface area contributed by atoms with E-state index in [9.17, 15) is 18.0 Å². The number of nitrogens with zero attached hydrogens (tertiary/aromatic N) is 4. The van der Waals surface area contributed by atoms with Crippen molar-refractivity contribution >= 4 is 22.8 Å². The Bertz CT molecular complexity index is 1420. The number of halogens is 3. The van der Waals surface area contributed by atoms with Crippen LogP contribution in [0, 0.1) is 18.8 Å². The number of aryl methyl sites for hydroxylation is 2. The third-order valence-electron chi connectivity index (χ3n) is 5.11. The Balaban J connectivity index is 0.000000303. The number of amides is 1. The number of benzene rings is 2. The molecule has 36 heavy (non-hydrogen) atoms. The Hall–Kier alpha value is -4.39. The van der Waals surface area contributed by atoms with Gasteiger partial charge in [0.05, 0.1) is 10.9 Å². The molecule has 3 N–H and O–H groups in total. The number of carbonyl (C=O) groups is 1. The number of alkyl halides is 3. The predicted molar refractivity (Wildman–Crippen MR) is 132 cm³/mol. The highest BCUT2D eigenvalue weighted by Crippen LogP contribution is 2.28. The van der Waals surface area contributed by atoms with Gasteiger partial charge in [-0.25, -0.2) is 14.6 Å². The Kier molecular flexibility index (Phi) is 8.27. The van der Waals surface area contributed by atoms with E-state index in [-0.39, 0.29) is 0 Å². The summed E-state index contributed by atoms with van der Waals surface area (Å²) in [6.45, 7) is 7.35. The maximum atomic E-state index is 11.8. The van der Waals surface area contributed by atoms with Gasteiger partial charge in [-0.3, -0.25) is 4.79 Å². The molecule has 4 rings (SSSR count). The van der Waals surface area contributed by atoms with E-state index in [4.69, 9.17) is 5.73 Å². The van der Waals surface area contributed by atoms with Gasteiger partial charge in [-0.1, -0.05) is 42.3 Å². The second kappa shape index (κ2) is 11.4. The van der Waals surface area contributed by atoms with E-state index in [1.54, 1.807) is 22.9 Å². The first-order valence-electron chi connectivity index (χ1n) is 11.2. The summed E-state index contributed by atoms with van der Waals surface area (Å²) < 4.78 is 37.2. The van der Waals surface area contributed by atoms with Gasteiger partial charge in [-0.05, 0) is 44.4 Å². The van der Waals surface area contributed by atoms with Gasteiger partial charge in [-0.15, -0.1) is 0 Å². The van der Waals surface area contributed by atoms with E-state index in [2.05, 4.69) is 32.2 Å². The number of nitrogens with two attached hydrogens (primary N) is 1. The summed E-state index contributed by atoms with van der Waals surface area (Å²) in [7, 11) is 0. The Morgan fingerprint density at radius 1 is 1.08 bits per heavy atom. The Labute approximate surface area is 206 Å². The largest absolute Gasteiger partial charge is 0.416 e. The minimum Gasteiger partial charge on any atom is -0.370 e. The number of nitrogens with one attached hydrogen (secondary N) is 1. The molecule has 0 aliphatic carbocycles. The van der Waals surface area contributed by atoms with Crippen LogP contribution in [0.15, 0.2) is 54.9 Å². The summed E-state index contributed by atoms with van der Waals surface area (Å²) >= 11 is 0. The van der Waals surface area contributed by atoms with Crippen molar-refractivity contribution < 1.29 is 18.0 Å². The average molecular weight is 495 g/mol. The van der Waals surface area contributed by atoms with Gasteiger partial charge in [0.1, 0.15) is 17.8 Å². The molecule has 0 fully saturated rings. The number of fused-ring (bicyclic) bond motifs is 1. The van der Waals surface area contributed by atoms with Crippen LogP contribution in [0.5, 0.6) is 0 Å². The molecule has 2 aromatic carbocycles. The van der Waals surface area contributed by atoms with Crippen molar-refractivity contribution in [1.29, 1.82) is 0 Å². The molecule has 0 saturated carbocycles. The lowest BCUT2D eigenvalue weighted by molar-refractivity contribution is -0.137. The van der Waals surface area contributed by atoms with E-state index in [1.165, 1.54) is 18.5 Å². The minimum absolute atomic E-state index is 0.431. The van der Waals surface area contributed by atoms with Crippen LogP contribution in [0.25, 0.3) is 11.0 Å². The monoisotopic (exact) mass is 494 g/mol. The standard InChI is InChI=1S/C19H20N6O.C7H5F3/c1-4-21-18-16-15(24-25(5-2)19(16)23-11-22-18)9-8-13-10-14(17(20)26)7-6-12(13)3;8-7(9,10)6-4-2-1-3-5-6/h6-7,10-11H,4-5H2,1-3H3,(H2,20,26)(H,21,22,23);1-5H. The average Bonchev–Trinajstić information content (AvgIpc) is 3.23. The zero-order valence-electron chi connectivity index (χ0n) is 20.0. The smallest absolute Gasteiger partial charge is 0.370 e. The maximum absolute atomic E-state index is 11.8. The summed E-state index contributed by atoms with van der Waals surface area (Å²) in [5, 5.41) is 8.59. The van der Waals surface area contributed by atoms with Crippen molar-refractivity contribution in [3.05, 3.63) is 82.8 Å². The highest BCUT2D eigenvalue weighted by Gasteiger charge is 2.29. The first-order valence-corrected chi connectivity index (χ1v) is 11.2. The van der Waals surface area contributed by atoms with Gasteiger partial charge < -0.3 is 11.1 Å². The molecular formula is C26H25F3N6O. The van der Waals surface area contributed by atoms with Gasteiger partial charge in [0.2, 0.25) is 5.91 Å². The molecule has 0 spiro atoms. The maximum Gasteiger partial charge on any atom is 0.416 e. The lowest BCUT2D eigenvalue weighted by Gasteiger charge is -2.03. The first-order chi connectivity index (χ1) is 17.2. The van der Waals surface area contributed by atoms with Crippen molar-refractivity contribution in [2.24, 2.45) is 5.73 Å². The van der Waals surface area contributed by atoms with E-state index in [1.807, 2.05) is 26.8 Å². The van der Waals surface area contributed by atoms with Crippen LogP contribution in [0.3, 0.4) is 0 Å². The number of hydrogen-bond acceptors (Lipinski definition) is 5. The van der Waals surface area contributed by atoms with E-state index < -0.39 is 17.6 Å². The van der Waals surface area contributed by atoms with Crippen molar-refractivity contribution in [3.8, 4) is 11.8 Å². The third kappa shape index (κ3) is 6.18. The molecule has 0 radical (unpaired) electrons. The molecule has 0 atom stereocenters. The second-order valence-corrected chi connectivity index (χ2v) is 7.62. The van der Waals surface area contributed by atoms with E-state index >= 15 is 0 Å². The molecule has 2 aromatic heterocycles. The SMILES string of the molecule is CCNc1ncnc2c1c(C#Cc1cc(C(N)=O)ccc1C)nn2CC.FC(F)(F)c1ccccc1. The van der Waals surface area contributed by atoms with Crippen LogP contribution < -0.4 is 11.1 Å². The molecule has 2 heterocycles. The molecule has 10 heteroatoms. The second-order valence-electron chi connectivity index (χ2n) is 7.62. The van der Waals surface area contributed by atoms with Gasteiger partial charge in [-0.2, -0.15) is 18.3 Å². The number of aromatic nitrogens is 4. The lowest BCUT2D eigenvalue weighted by Crippen LogP contribution is -2.11. The van der Waals surface area contributed by atoms with Crippen LogP contribution in [-0.2, 0) is 12.7 Å². The normalized spacial score (nSPS) is 10.7. The molecule has 0 unspecified atom stereocenters. The van der Waals surface area contributed by atoms with Crippen molar-refractivity contribution in [3.63, 3.8) is 0 Å². The number of hydrogen-bond donors (Lipinski definition) is 2. The van der Waals surface area contributed by atoms with Crippen LogP contribution in [0.2, 0.25) is 0 Å². The quantitative estimate of drug-likeness (QED) is 0.398. The van der Waals surface area contributed by atoms with Crippen molar-refractivity contribution in [2.75, 3.05) is 11.9 Å². The number of rotatable bonds is 4. The number of anilines is 1. The lowest BCUT2D eigenvalue weighted by atomic mass is 10.0. The van der Waals surface area contributed by atoms with Crippen LogP contribution in [0.4, 0.5) is 19.0 Å². The molecule has 7 nitrogen and oxygen atoms in total. The van der Waals surface area contributed by atoms with E-state index in [0.717, 1.165) is 40.8 Å². The zero-order chi connectivity index (χ0) is 26.3. The molecule has 0 aliphatic heterocycles. The first kappa shape index (κ1) is 26.2. The predicted octanol–water partition coefficient (Wildman–Crippen LogP) is 4.79. The fourth-order valence-electron chi connectivity index (χ4n) is 3.28. The zero-order valence-corrected chi connectivity index (χ0v) is 20.0. The van der Waals surface area contributed by atoms with Crippen molar-refractivity contribution in [2.45, 2.75) is 33.5 Å². The Morgan fingerprint density at radius 2 is 1.81 bits per heavy atom. The van der Waals surface area contributed by atoms with Gasteiger partial charge >= 0.3 is 6.18 Å². The highest BCUT2D eigenvalue weighted by atomic mass is 19.4. The van der Waals surface area contributed by atoms with Gasteiger partial charge in [0.15, 0.2) is 5.65 Å². The summed E-state index contributed by atoms with van der Waals surface area (Å²) in [5.41, 5.74) is 8.23. The van der Waals surface area contributed by atoms with Gasteiger partial charge in [0, 0.05) is 24.2 Å². The summed E-state index contributed by atoms with van der Waals surface area (Å²) in [6, 6.07) is 11.6. The topological polar surface area (TPSA) is 98.7 Å². The fraction of sp³-hybridized carbons (Fsp3) is 0.231. The van der Waals surface area contributed by atoms with Crippen LogP contribution >= 0.6 is 0 Å². The molecule has 186 valence electrons. The molecule has 0 aliphatic rings. The van der Waals surface area contributed by atoms with Gasteiger partial charge in [0.25, 0.3) is 0 Å². The molecule has 0 saturated heterocycles. The van der Waals surface area contributed by atoms with Crippen molar-refractivity contribution in [1.82, 2.24) is 19.7 Å². The van der Waals surface area contributed by atoms with Crippen LogP contribution in [0.1, 0.15) is 46.6 Å². The molecule has 1 amide bonds. The van der Waals surface area contributed by atoms with Crippen LogP contribution in [-0.4, -0.2) is 32.2 Å². The number of carbonyl (C=O) groups excluding carboxylic acids is 1. The highest BCUT2D eigenvalue weighted by molar-refractivity contribution is 5.93. The third-order valence-corrected chi connectivity index (χ3v) is 5.11. The molecular weight excluding hydrogens is 469 g/mol. The summed E-state index contributed by atoms with van der Waals surface area (Å²) in [6.07, 6.45) is -2.69. The van der Waals surface area contributed by atoms with E-state index in [0.29, 0.717) is 23.6 Å².